The molecule has 8 heteroatoms. The largest absolute Gasteiger partial charge is 0.508 e. The number of benzene rings is 1. The number of aromatic hydroxyl groups is 1. The third-order valence-electron chi connectivity index (χ3n) is 5.70. The molecule has 2 heterocycles. The molecule has 1 aliphatic carbocycles. The average molecular weight is 441 g/mol. The van der Waals surface area contributed by atoms with Crippen molar-refractivity contribution >= 4 is 23.1 Å². The summed E-state index contributed by atoms with van der Waals surface area (Å²) in [6, 6.07) is 13.2. The lowest BCUT2D eigenvalue weighted by Gasteiger charge is -2.35. The molecule has 1 aliphatic rings. The van der Waals surface area contributed by atoms with Gasteiger partial charge in [-0.1, -0.05) is 18.2 Å². The number of anilines is 1. The number of rotatable bonds is 8. The molecule has 2 aromatic heterocycles. The van der Waals surface area contributed by atoms with Gasteiger partial charge in [-0.3, -0.25) is 9.69 Å². The van der Waals surface area contributed by atoms with E-state index in [9.17, 15) is 15.0 Å². The van der Waals surface area contributed by atoms with Crippen LogP contribution < -0.4 is 5.32 Å². The standard InChI is InChI=1S/C23H28N4O3S/c28-19-8-6-18(7-9-19)26(14-17-3-1-4-20(29)13-17)16-23(30)25-22-10-11-24-27(22)15-21-5-2-12-31-21/h1-5,10-13,18-19,28-29H,6-9,14-16H2,(H,25,30). The second-order valence-electron chi connectivity index (χ2n) is 8.04. The van der Waals surface area contributed by atoms with Crippen molar-refractivity contribution in [1.82, 2.24) is 14.7 Å². The molecular formula is C23H28N4O3S. The number of hydrogen-bond donors (Lipinski definition) is 3. The maximum atomic E-state index is 12.9. The van der Waals surface area contributed by atoms with E-state index < -0.39 is 0 Å². The van der Waals surface area contributed by atoms with Crippen molar-refractivity contribution in [2.24, 2.45) is 0 Å². The van der Waals surface area contributed by atoms with E-state index in [1.54, 1.807) is 34.3 Å². The molecule has 1 aromatic carbocycles. The molecule has 164 valence electrons. The van der Waals surface area contributed by atoms with Crippen LogP contribution in [0.25, 0.3) is 0 Å². The highest BCUT2D eigenvalue weighted by Crippen LogP contribution is 2.25. The number of nitrogens with one attached hydrogen (secondary N) is 1. The summed E-state index contributed by atoms with van der Waals surface area (Å²) < 4.78 is 1.79. The molecule has 0 unspecified atom stereocenters. The van der Waals surface area contributed by atoms with E-state index in [1.807, 2.05) is 35.7 Å². The van der Waals surface area contributed by atoms with E-state index in [2.05, 4.69) is 15.3 Å². The molecule has 1 amide bonds. The minimum Gasteiger partial charge on any atom is -0.508 e. The van der Waals surface area contributed by atoms with Crippen molar-refractivity contribution in [2.45, 2.75) is 50.9 Å². The van der Waals surface area contributed by atoms with Gasteiger partial charge in [-0.05, 0) is 54.8 Å². The third-order valence-corrected chi connectivity index (χ3v) is 6.56. The topological polar surface area (TPSA) is 90.6 Å². The zero-order valence-corrected chi connectivity index (χ0v) is 18.2. The lowest BCUT2D eigenvalue weighted by Crippen LogP contribution is -2.43. The molecule has 3 aromatic rings. The van der Waals surface area contributed by atoms with Gasteiger partial charge in [0.2, 0.25) is 5.91 Å². The molecule has 0 bridgehead atoms. The van der Waals surface area contributed by atoms with E-state index in [0.717, 1.165) is 31.2 Å². The number of aliphatic hydroxyl groups is 1. The number of carbonyl (C=O) groups is 1. The van der Waals surface area contributed by atoms with Crippen LogP contribution in [0.2, 0.25) is 0 Å². The Hall–Kier alpha value is -2.68. The smallest absolute Gasteiger partial charge is 0.239 e. The molecule has 0 aliphatic heterocycles. The van der Waals surface area contributed by atoms with Gasteiger partial charge in [0.05, 0.1) is 25.4 Å². The first-order valence-corrected chi connectivity index (χ1v) is 11.5. The number of hydrogen-bond acceptors (Lipinski definition) is 6. The van der Waals surface area contributed by atoms with Crippen LogP contribution in [0.5, 0.6) is 5.75 Å². The zero-order chi connectivity index (χ0) is 21.6. The highest BCUT2D eigenvalue weighted by Gasteiger charge is 2.26. The Balaban J connectivity index is 1.43. The first-order valence-electron chi connectivity index (χ1n) is 10.6. The van der Waals surface area contributed by atoms with Crippen molar-refractivity contribution < 1.29 is 15.0 Å². The molecule has 0 radical (unpaired) electrons. The van der Waals surface area contributed by atoms with Gasteiger partial charge >= 0.3 is 0 Å². The summed E-state index contributed by atoms with van der Waals surface area (Å²) in [6.45, 7) is 1.42. The molecule has 1 fully saturated rings. The number of aliphatic hydroxyl groups excluding tert-OH is 1. The van der Waals surface area contributed by atoms with Crippen molar-refractivity contribution in [3.8, 4) is 5.75 Å². The summed E-state index contributed by atoms with van der Waals surface area (Å²) in [5, 5.41) is 29.1. The molecule has 31 heavy (non-hydrogen) atoms. The fourth-order valence-electron chi connectivity index (χ4n) is 4.11. The van der Waals surface area contributed by atoms with Gasteiger partial charge in [0.25, 0.3) is 0 Å². The molecular weight excluding hydrogens is 412 g/mol. The SMILES string of the molecule is O=C(CN(Cc1cccc(O)c1)C1CCC(O)CC1)Nc1ccnn1Cc1cccs1. The lowest BCUT2D eigenvalue weighted by atomic mass is 9.91. The summed E-state index contributed by atoms with van der Waals surface area (Å²) >= 11 is 1.66. The van der Waals surface area contributed by atoms with Gasteiger partial charge in [0.1, 0.15) is 11.6 Å². The highest BCUT2D eigenvalue weighted by molar-refractivity contribution is 7.09. The Labute approximate surface area is 185 Å². The first-order chi connectivity index (χ1) is 15.1. The molecule has 1 saturated carbocycles. The lowest BCUT2D eigenvalue weighted by molar-refractivity contribution is -0.118. The molecule has 0 atom stereocenters. The van der Waals surface area contributed by atoms with E-state index in [1.165, 1.54) is 4.88 Å². The van der Waals surface area contributed by atoms with Gasteiger partial charge in [-0.2, -0.15) is 5.10 Å². The zero-order valence-electron chi connectivity index (χ0n) is 17.4. The number of aromatic nitrogens is 2. The quantitative estimate of drug-likeness (QED) is 0.499. The summed E-state index contributed by atoms with van der Waals surface area (Å²) in [4.78, 5) is 16.3. The number of phenolic OH excluding ortho intramolecular Hbond substituents is 1. The van der Waals surface area contributed by atoms with Gasteiger partial charge in [0, 0.05) is 23.5 Å². The van der Waals surface area contributed by atoms with Gasteiger partial charge < -0.3 is 15.5 Å². The Bertz CT molecular complexity index is 980. The van der Waals surface area contributed by atoms with Crippen LogP contribution in [-0.2, 0) is 17.9 Å². The summed E-state index contributed by atoms with van der Waals surface area (Å²) in [7, 11) is 0. The van der Waals surface area contributed by atoms with Crippen LogP contribution in [0.1, 0.15) is 36.1 Å². The van der Waals surface area contributed by atoms with Crippen LogP contribution >= 0.6 is 11.3 Å². The Morgan fingerprint density at radius 3 is 2.77 bits per heavy atom. The van der Waals surface area contributed by atoms with Gasteiger partial charge in [-0.15, -0.1) is 11.3 Å². The average Bonchev–Trinajstić information content (AvgIpc) is 3.41. The van der Waals surface area contributed by atoms with E-state index in [4.69, 9.17) is 0 Å². The summed E-state index contributed by atoms with van der Waals surface area (Å²) in [5.41, 5.74) is 0.960. The first kappa shape index (κ1) is 21.5. The van der Waals surface area contributed by atoms with Crippen LogP contribution in [-0.4, -0.2) is 49.5 Å². The minimum atomic E-state index is -0.251. The normalized spacial score (nSPS) is 18.9. The summed E-state index contributed by atoms with van der Waals surface area (Å²) in [5.74, 6) is 0.799. The number of phenols is 1. The van der Waals surface area contributed by atoms with Crippen molar-refractivity contribution in [3.05, 3.63) is 64.5 Å². The predicted octanol–water partition coefficient (Wildman–Crippen LogP) is 3.44. The van der Waals surface area contributed by atoms with Crippen LogP contribution in [0.15, 0.2) is 54.0 Å². The third kappa shape index (κ3) is 5.94. The molecule has 0 spiro atoms. The van der Waals surface area contributed by atoms with Crippen LogP contribution in [0.3, 0.4) is 0 Å². The van der Waals surface area contributed by atoms with Crippen molar-refractivity contribution in [2.75, 3.05) is 11.9 Å². The Kier molecular flexibility index (Phi) is 7.01. The number of carbonyl (C=O) groups excluding carboxylic acids is 1. The Morgan fingerprint density at radius 1 is 1.19 bits per heavy atom. The fourth-order valence-corrected chi connectivity index (χ4v) is 4.79. The maximum absolute atomic E-state index is 12.9. The molecule has 7 nitrogen and oxygen atoms in total. The van der Waals surface area contributed by atoms with E-state index in [-0.39, 0.29) is 30.3 Å². The maximum Gasteiger partial charge on any atom is 0.239 e. The number of thiophene rings is 1. The predicted molar refractivity (Wildman–Crippen MR) is 121 cm³/mol. The molecule has 0 saturated heterocycles. The second kappa shape index (κ2) is 10.1. The van der Waals surface area contributed by atoms with Gasteiger partial charge in [0.15, 0.2) is 0 Å². The van der Waals surface area contributed by atoms with Crippen molar-refractivity contribution in [1.29, 1.82) is 0 Å². The highest BCUT2D eigenvalue weighted by atomic mass is 32.1. The van der Waals surface area contributed by atoms with Gasteiger partial charge in [-0.25, -0.2) is 4.68 Å². The van der Waals surface area contributed by atoms with Crippen LogP contribution in [0.4, 0.5) is 5.82 Å². The van der Waals surface area contributed by atoms with E-state index in [0.29, 0.717) is 18.9 Å². The number of nitrogens with zero attached hydrogens (tertiary/aromatic N) is 3. The Morgan fingerprint density at radius 2 is 2.03 bits per heavy atom. The minimum absolute atomic E-state index is 0.0980. The molecule has 3 N–H and O–H groups in total. The molecule has 4 rings (SSSR count). The number of amides is 1. The second-order valence-corrected chi connectivity index (χ2v) is 9.07. The fraction of sp³-hybridized carbons (Fsp3) is 0.391. The van der Waals surface area contributed by atoms with E-state index >= 15 is 0 Å². The van der Waals surface area contributed by atoms with Crippen LogP contribution in [0, 0.1) is 0 Å². The monoisotopic (exact) mass is 440 g/mol. The summed E-state index contributed by atoms with van der Waals surface area (Å²) in [6.07, 6.45) is 4.63. The van der Waals surface area contributed by atoms with Crippen molar-refractivity contribution in [3.63, 3.8) is 0 Å².